The van der Waals surface area contributed by atoms with Gasteiger partial charge >= 0.3 is 0 Å². The van der Waals surface area contributed by atoms with E-state index in [2.05, 4.69) is 25.9 Å². The predicted octanol–water partition coefficient (Wildman–Crippen LogP) is 2.95. The van der Waals surface area contributed by atoms with Crippen LogP contribution < -0.4 is 0 Å². The number of carbonyl (C=O) groups excluding carboxylic acids is 1. The van der Waals surface area contributed by atoms with Crippen LogP contribution in [0.15, 0.2) is 36.5 Å². The third-order valence-electron chi connectivity index (χ3n) is 2.96. The summed E-state index contributed by atoms with van der Waals surface area (Å²) in [6.07, 6.45) is 1.77. The van der Waals surface area contributed by atoms with Gasteiger partial charge in [0.15, 0.2) is 0 Å². The fourth-order valence-corrected chi connectivity index (χ4v) is 1.81. The number of ketones is 1. The minimum absolute atomic E-state index is 0.0314. The molecule has 0 amide bonds. The van der Waals surface area contributed by atoms with Crippen LogP contribution in [0.1, 0.15) is 42.4 Å². The number of aromatic nitrogens is 2. The number of aryl methyl sites for hydroxylation is 1. The van der Waals surface area contributed by atoms with E-state index < -0.39 is 0 Å². The SMILES string of the molecule is Cn1ccc(C(=O)c2ccc(C(C)(C)C)cc2)n1. The highest BCUT2D eigenvalue weighted by atomic mass is 16.1. The minimum Gasteiger partial charge on any atom is -0.287 e. The van der Waals surface area contributed by atoms with Crippen molar-refractivity contribution in [3.05, 3.63) is 53.3 Å². The molecule has 0 N–H and O–H groups in total. The second-order valence-electron chi connectivity index (χ2n) is 5.53. The molecule has 2 aromatic rings. The normalized spacial score (nSPS) is 11.6. The molecule has 0 fully saturated rings. The summed E-state index contributed by atoms with van der Waals surface area (Å²) >= 11 is 0. The second kappa shape index (κ2) is 4.41. The Hall–Kier alpha value is -1.90. The lowest BCUT2D eigenvalue weighted by atomic mass is 9.86. The first-order chi connectivity index (χ1) is 8.38. The summed E-state index contributed by atoms with van der Waals surface area (Å²) < 4.78 is 1.64. The zero-order valence-corrected chi connectivity index (χ0v) is 11.3. The van der Waals surface area contributed by atoms with Gasteiger partial charge < -0.3 is 0 Å². The Bertz CT molecular complexity index is 559. The molecule has 94 valence electrons. The Morgan fingerprint density at radius 1 is 1.11 bits per heavy atom. The van der Waals surface area contributed by atoms with E-state index in [1.165, 1.54) is 5.56 Å². The van der Waals surface area contributed by atoms with E-state index in [0.29, 0.717) is 11.3 Å². The third-order valence-corrected chi connectivity index (χ3v) is 2.96. The maximum absolute atomic E-state index is 12.1. The molecule has 0 radical (unpaired) electrons. The monoisotopic (exact) mass is 242 g/mol. The van der Waals surface area contributed by atoms with E-state index in [-0.39, 0.29) is 11.2 Å². The van der Waals surface area contributed by atoms with Crippen molar-refractivity contribution in [2.24, 2.45) is 7.05 Å². The molecule has 0 aliphatic rings. The third kappa shape index (κ3) is 2.50. The van der Waals surface area contributed by atoms with Crippen molar-refractivity contribution < 1.29 is 4.79 Å². The van der Waals surface area contributed by atoms with Gasteiger partial charge in [0.2, 0.25) is 5.78 Å². The minimum atomic E-state index is -0.0314. The Morgan fingerprint density at radius 2 is 1.72 bits per heavy atom. The molecule has 0 spiro atoms. The van der Waals surface area contributed by atoms with Gasteiger partial charge in [-0.25, -0.2) is 0 Å². The second-order valence-corrected chi connectivity index (χ2v) is 5.53. The molecule has 3 nitrogen and oxygen atoms in total. The van der Waals surface area contributed by atoms with Gasteiger partial charge in [-0.05, 0) is 17.0 Å². The van der Waals surface area contributed by atoms with Gasteiger partial charge in [0.25, 0.3) is 0 Å². The van der Waals surface area contributed by atoms with Crippen LogP contribution in [-0.2, 0) is 12.5 Å². The van der Waals surface area contributed by atoms with Crippen LogP contribution in [0.4, 0.5) is 0 Å². The zero-order chi connectivity index (χ0) is 13.3. The van der Waals surface area contributed by atoms with Gasteiger partial charge in [0.05, 0.1) is 0 Å². The van der Waals surface area contributed by atoms with Crippen LogP contribution in [0.2, 0.25) is 0 Å². The lowest BCUT2D eigenvalue weighted by Crippen LogP contribution is -2.11. The van der Waals surface area contributed by atoms with Gasteiger partial charge in [-0.2, -0.15) is 5.10 Å². The van der Waals surface area contributed by atoms with Crippen molar-refractivity contribution in [1.29, 1.82) is 0 Å². The van der Waals surface area contributed by atoms with E-state index in [9.17, 15) is 4.79 Å². The van der Waals surface area contributed by atoms with Gasteiger partial charge in [-0.3, -0.25) is 9.48 Å². The summed E-state index contributed by atoms with van der Waals surface area (Å²) in [7, 11) is 1.81. The van der Waals surface area contributed by atoms with E-state index >= 15 is 0 Å². The lowest BCUT2D eigenvalue weighted by Gasteiger charge is -2.18. The largest absolute Gasteiger partial charge is 0.287 e. The average Bonchev–Trinajstić information content (AvgIpc) is 2.74. The molecule has 3 heteroatoms. The van der Waals surface area contributed by atoms with Crippen molar-refractivity contribution >= 4 is 5.78 Å². The number of hydrogen-bond acceptors (Lipinski definition) is 2. The van der Waals surface area contributed by atoms with Crippen LogP contribution in [0.5, 0.6) is 0 Å². The van der Waals surface area contributed by atoms with Crippen LogP contribution in [-0.4, -0.2) is 15.6 Å². The van der Waals surface area contributed by atoms with E-state index in [1.807, 2.05) is 24.3 Å². The highest BCUT2D eigenvalue weighted by Crippen LogP contribution is 2.22. The van der Waals surface area contributed by atoms with Crippen molar-refractivity contribution in [3.8, 4) is 0 Å². The zero-order valence-electron chi connectivity index (χ0n) is 11.3. The topological polar surface area (TPSA) is 34.9 Å². The fourth-order valence-electron chi connectivity index (χ4n) is 1.81. The molecular formula is C15H18N2O. The molecule has 1 heterocycles. The quantitative estimate of drug-likeness (QED) is 0.759. The molecule has 2 rings (SSSR count). The maximum atomic E-state index is 12.1. The summed E-state index contributed by atoms with van der Waals surface area (Å²) in [6, 6.07) is 9.50. The molecule has 0 aliphatic carbocycles. The van der Waals surface area contributed by atoms with Gasteiger partial charge in [0.1, 0.15) is 5.69 Å². The first kappa shape index (κ1) is 12.6. The van der Waals surface area contributed by atoms with Crippen LogP contribution >= 0.6 is 0 Å². The summed E-state index contributed by atoms with van der Waals surface area (Å²) in [6.45, 7) is 6.47. The molecule has 0 atom stereocenters. The number of carbonyl (C=O) groups is 1. The van der Waals surface area contributed by atoms with Gasteiger partial charge in [0, 0.05) is 18.8 Å². The molecule has 1 aromatic heterocycles. The molecule has 0 saturated carbocycles. The van der Waals surface area contributed by atoms with E-state index in [4.69, 9.17) is 0 Å². The smallest absolute Gasteiger partial charge is 0.213 e. The molecule has 0 aliphatic heterocycles. The number of benzene rings is 1. The van der Waals surface area contributed by atoms with Crippen LogP contribution in [0.25, 0.3) is 0 Å². The van der Waals surface area contributed by atoms with E-state index in [0.717, 1.165) is 0 Å². The number of nitrogens with zero attached hydrogens (tertiary/aromatic N) is 2. The van der Waals surface area contributed by atoms with Gasteiger partial charge in [-0.15, -0.1) is 0 Å². The molecule has 18 heavy (non-hydrogen) atoms. The average molecular weight is 242 g/mol. The Balaban J connectivity index is 2.28. The molecule has 0 saturated heterocycles. The maximum Gasteiger partial charge on any atom is 0.213 e. The van der Waals surface area contributed by atoms with Crippen molar-refractivity contribution in [2.75, 3.05) is 0 Å². The first-order valence-corrected chi connectivity index (χ1v) is 6.03. The predicted molar refractivity (Wildman–Crippen MR) is 71.8 cm³/mol. The highest BCUT2D eigenvalue weighted by Gasteiger charge is 2.15. The Labute approximate surface area is 107 Å². The molecular weight excluding hydrogens is 224 g/mol. The highest BCUT2D eigenvalue weighted by molar-refractivity contribution is 6.07. The Morgan fingerprint density at radius 3 is 2.17 bits per heavy atom. The summed E-state index contributed by atoms with van der Waals surface area (Å²) in [4.78, 5) is 12.1. The summed E-state index contributed by atoms with van der Waals surface area (Å²) in [5, 5.41) is 4.13. The summed E-state index contributed by atoms with van der Waals surface area (Å²) in [5.41, 5.74) is 2.50. The van der Waals surface area contributed by atoms with Crippen LogP contribution in [0.3, 0.4) is 0 Å². The van der Waals surface area contributed by atoms with Crippen molar-refractivity contribution in [1.82, 2.24) is 9.78 Å². The van der Waals surface area contributed by atoms with Gasteiger partial charge in [-0.1, -0.05) is 45.0 Å². The van der Waals surface area contributed by atoms with Crippen molar-refractivity contribution in [3.63, 3.8) is 0 Å². The number of hydrogen-bond donors (Lipinski definition) is 0. The first-order valence-electron chi connectivity index (χ1n) is 6.03. The van der Waals surface area contributed by atoms with Crippen molar-refractivity contribution in [2.45, 2.75) is 26.2 Å². The van der Waals surface area contributed by atoms with E-state index in [1.54, 1.807) is 24.0 Å². The molecule has 0 unspecified atom stereocenters. The molecule has 1 aromatic carbocycles. The standard InChI is InChI=1S/C15H18N2O/c1-15(2,3)12-7-5-11(6-8-12)14(18)13-9-10-17(4)16-13/h5-10H,1-4H3. The molecule has 0 bridgehead atoms. The Kier molecular flexibility index (Phi) is 3.07. The number of rotatable bonds is 2. The fraction of sp³-hybridized carbons (Fsp3) is 0.333. The lowest BCUT2D eigenvalue weighted by molar-refractivity contribution is 0.103. The summed E-state index contributed by atoms with van der Waals surface area (Å²) in [5.74, 6) is -0.0314. The van der Waals surface area contributed by atoms with Crippen LogP contribution in [0, 0.1) is 0 Å².